The maximum atomic E-state index is 7.65. The molecule has 6 aromatic carbocycles. The lowest BCUT2D eigenvalue weighted by Crippen LogP contribution is -2.40. The van der Waals surface area contributed by atoms with Crippen LogP contribution in [0.4, 0.5) is 0 Å². The van der Waals surface area contributed by atoms with Gasteiger partial charge >= 0.3 is 8.16 Å². The van der Waals surface area contributed by atoms with E-state index in [2.05, 4.69) is 173 Å². The molecule has 250 valence electrons. The molecule has 0 N–H and O–H groups in total. The fraction of sp³-hybridized carbons (Fsp3) is 0.256. The van der Waals surface area contributed by atoms with Gasteiger partial charge in [0, 0.05) is 22.9 Å². The highest BCUT2D eigenvalue weighted by molar-refractivity contribution is 7.39. The molecule has 0 spiro atoms. The van der Waals surface area contributed by atoms with Crippen molar-refractivity contribution in [3.8, 4) is 0 Å². The van der Waals surface area contributed by atoms with Crippen LogP contribution in [0.2, 0.25) is 31.7 Å². The summed E-state index contributed by atoms with van der Waals surface area (Å²) >= 11 is 0. The zero-order chi connectivity index (χ0) is 34.3. The Morgan fingerprint density at radius 1 is 0.653 bits per heavy atom. The molecule has 1 heterocycles. The molecule has 3 nitrogen and oxygen atoms in total. The first-order valence-corrected chi connectivity index (χ1v) is 24.8. The standard InChI is InChI=1S/C43H48NO2PSi2/c1-8-48(5)38-28-34-24-16-18-26-36(34)40-41-37-27-19-17-25-35(37)29-39(49(6,7)9-2)43(41)46-47(45-42(38)40)44(30(3)32-20-12-10-13-21-32)31(4)33-22-14-11-15-23-33/h10-31,48H,8-9H2,1-7H3/t30-,31-,47?,48-/m1/s1. The van der Waals surface area contributed by atoms with Gasteiger partial charge in [0.1, 0.15) is 11.2 Å². The van der Waals surface area contributed by atoms with Gasteiger partial charge in [0.25, 0.3) is 0 Å². The maximum Gasteiger partial charge on any atom is 0.310 e. The highest BCUT2D eigenvalue weighted by Crippen LogP contribution is 2.47. The normalized spacial score (nSPS) is 14.5. The molecule has 0 aliphatic heterocycles. The summed E-state index contributed by atoms with van der Waals surface area (Å²) in [5.74, 6) is 0. The molecule has 0 bridgehead atoms. The molecule has 0 radical (unpaired) electrons. The zero-order valence-corrected chi connectivity index (χ0v) is 33.0. The average Bonchev–Trinajstić information content (AvgIpc) is 3.32. The summed E-state index contributed by atoms with van der Waals surface area (Å²) < 4.78 is 17.8. The van der Waals surface area contributed by atoms with Crippen molar-refractivity contribution in [1.82, 2.24) is 0 Å². The predicted molar refractivity (Wildman–Crippen MR) is 220 cm³/mol. The summed E-state index contributed by atoms with van der Waals surface area (Å²) in [4.78, 5) is 0. The maximum absolute atomic E-state index is 7.65. The van der Waals surface area contributed by atoms with Gasteiger partial charge in [0.05, 0.1) is 16.9 Å². The first kappa shape index (κ1) is 33.6. The Labute approximate surface area is 294 Å². The monoisotopic (exact) mass is 697 g/mol. The van der Waals surface area contributed by atoms with Crippen LogP contribution in [0.1, 0.15) is 50.9 Å². The molecule has 0 saturated carbocycles. The fourth-order valence-corrected chi connectivity index (χ4v) is 12.5. The Kier molecular flexibility index (Phi) is 9.47. The second-order valence-corrected chi connectivity index (χ2v) is 23.8. The molecule has 7 rings (SSSR count). The van der Waals surface area contributed by atoms with E-state index in [4.69, 9.17) is 8.39 Å². The molecule has 0 aliphatic carbocycles. The van der Waals surface area contributed by atoms with Gasteiger partial charge in [-0.25, -0.2) is 0 Å². The lowest BCUT2D eigenvalue weighted by Gasteiger charge is -2.32. The van der Waals surface area contributed by atoms with Crippen molar-refractivity contribution < 1.29 is 8.39 Å². The highest BCUT2D eigenvalue weighted by atomic mass is 31.1. The lowest BCUT2D eigenvalue weighted by atomic mass is 9.98. The molecular formula is C43H48NO2PSi2. The van der Waals surface area contributed by atoms with Crippen LogP contribution in [-0.2, 0) is 0 Å². The number of benzene rings is 6. The number of nitrogens with zero attached hydrogens (tertiary/aromatic N) is 1. The van der Waals surface area contributed by atoms with E-state index in [-0.39, 0.29) is 12.1 Å². The van der Waals surface area contributed by atoms with Crippen LogP contribution in [0, 0.1) is 0 Å². The lowest BCUT2D eigenvalue weighted by molar-refractivity contribution is 0.559. The van der Waals surface area contributed by atoms with E-state index in [1.54, 1.807) is 0 Å². The van der Waals surface area contributed by atoms with Gasteiger partial charge in [-0.3, -0.25) is 0 Å². The van der Waals surface area contributed by atoms with Crippen LogP contribution in [0.15, 0.2) is 130 Å². The summed E-state index contributed by atoms with van der Waals surface area (Å²) in [5, 5.41) is 10.2. The van der Waals surface area contributed by atoms with Gasteiger partial charge < -0.3 is 8.39 Å². The third kappa shape index (κ3) is 6.12. The first-order valence-electron chi connectivity index (χ1n) is 17.9. The molecule has 6 heteroatoms. The van der Waals surface area contributed by atoms with Gasteiger partial charge in [0.2, 0.25) is 0 Å². The summed E-state index contributed by atoms with van der Waals surface area (Å²) in [6.45, 7) is 16.8. The highest BCUT2D eigenvalue weighted by Gasteiger charge is 2.32. The van der Waals surface area contributed by atoms with Crippen LogP contribution in [0.5, 0.6) is 0 Å². The van der Waals surface area contributed by atoms with Gasteiger partial charge in [-0.1, -0.05) is 167 Å². The molecule has 49 heavy (non-hydrogen) atoms. The Hall–Kier alpha value is -3.87. The molecule has 4 atom stereocenters. The van der Waals surface area contributed by atoms with E-state index in [1.165, 1.54) is 53.8 Å². The van der Waals surface area contributed by atoms with Crippen LogP contribution in [0.25, 0.3) is 43.5 Å². The summed E-state index contributed by atoms with van der Waals surface area (Å²) in [6, 6.07) is 46.8. The molecule has 7 aromatic rings. The van der Waals surface area contributed by atoms with Crippen LogP contribution >= 0.6 is 8.16 Å². The van der Waals surface area contributed by atoms with Crippen LogP contribution < -0.4 is 15.0 Å². The van der Waals surface area contributed by atoms with Crippen LogP contribution in [-0.4, -0.2) is 16.9 Å². The van der Waals surface area contributed by atoms with Gasteiger partial charge in [-0.05, 0) is 56.9 Å². The fourth-order valence-electron chi connectivity index (χ4n) is 7.30. The topological polar surface area (TPSA) is 29.5 Å². The van der Waals surface area contributed by atoms with Crippen molar-refractivity contribution >= 4 is 78.9 Å². The SMILES string of the molecule is CC[Si@@H](C)c1cc2ccccc2c2c1op(N([C@H](C)c1ccccc1)[C@H](C)c1ccccc1)oc1c([Si](C)(C)CC)cc3ccccc3c12. The molecule has 0 aliphatic rings. The molecule has 1 aromatic heterocycles. The van der Waals surface area contributed by atoms with E-state index in [9.17, 15) is 0 Å². The third-order valence-electron chi connectivity index (χ3n) is 10.9. The predicted octanol–water partition coefficient (Wildman–Crippen LogP) is 12.1. The Morgan fingerprint density at radius 3 is 1.65 bits per heavy atom. The minimum atomic E-state index is -1.93. The van der Waals surface area contributed by atoms with Crippen molar-refractivity contribution in [3.63, 3.8) is 0 Å². The van der Waals surface area contributed by atoms with E-state index < -0.39 is 25.0 Å². The van der Waals surface area contributed by atoms with Crippen molar-refractivity contribution in [3.05, 3.63) is 132 Å². The minimum absolute atomic E-state index is 0.0394. The van der Waals surface area contributed by atoms with E-state index in [1.807, 2.05) is 0 Å². The van der Waals surface area contributed by atoms with Crippen molar-refractivity contribution in [2.45, 2.75) is 71.5 Å². The molecule has 0 amide bonds. The summed E-state index contributed by atoms with van der Waals surface area (Å²) in [7, 11) is -4.91. The van der Waals surface area contributed by atoms with Gasteiger partial charge in [0.15, 0.2) is 0 Å². The quantitative estimate of drug-likeness (QED) is 0.141. The molecule has 0 saturated heterocycles. The largest absolute Gasteiger partial charge is 0.408 e. The number of hydrogen-bond acceptors (Lipinski definition) is 3. The van der Waals surface area contributed by atoms with E-state index >= 15 is 0 Å². The summed E-state index contributed by atoms with van der Waals surface area (Å²) in [5.41, 5.74) is 4.57. The van der Waals surface area contributed by atoms with E-state index in [0.717, 1.165) is 23.3 Å². The zero-order valence-electron chi connectivity index (χ0n) is 29.9. The van der Waals surface area contributed by atoms with Crippen LogP contribution in [0.3, 0.4) is 0 Å². The molecular weight excluding hydrogens is 650 g/mol. The molecule has 1 unspecified atom stereocenters. The second kappa shape index (κ2) is 13.8. The van der Waals surface area contributed by atoms with Gasteiger partial charge in [-0.2, -0.15) is 4.67 Å². The molecule has 0 fully saturated rings. The Morgan fingerprint density at radius 2 is 1.12 bits per heavy atom. The van der Waals surface area contributed by atoms with Crippen molar-refractivity contribution in [2.75, 3.05) is 4.67 Å². The smallest absolute Gasteiger partial charge is 0.310 e. The van der Waals surface area contributed by atoms with Crippen molar-refractivity contribution in [2.24, 2.45) is 0 Å². The Balaban J connectivity index is 1.74. The van der Waals surface area contributed by atoms with E-state index in [0.29, 0.717) is 0 Å². The van der Waals surface area contributed by atoms with Crippen molar-refractivity contribution in [1.29, 1.82) is 0 Å². The third-order valence-corrected chi connectivity index (χ3v) is 19.0. The minimum Gasteiger partial charge on any atom is -0.408 e. The number of fused-ring (bicyclic) bond motifs is 7. The van der Waals surface area contributed by atoms with Gasteiger partial charge in [-0.15, -0.1) is 0 Å². The Bertz CT molecular complexity index is 2260. The second-order valence-electron chi connectivity index (χ2n) is 14.3. The average molecular weight is 698 g/mol. The first-order chi connectivity index (χ1) is 23.7. The number of rotatable bonds is 9. The number of hydrogen-bond donors (Lipinski definition) is 0. The summed E-state index contributed by atoms with van der Waals surface area (Å²) in [6.07, 6.45) is 0.